The number of nitrogens with zero attached hydrogens (tertiary/aromatic N) is 3. The van der Waals surface area contributed by atoms with Crippen LogP contribution in [0.2, 0.25) is 0 Å². The molecule has 0 saturated carbocycles. The molecule has 2 aromatic heterocycles. The average molecular weight is 259 g/mol. The molecule has 3 heterocycles. The zero-order chi connectivity index (χ0) is 13.2. The van der Waals surface area contributed by atoms with Crippen molar-refractivity contribution >= 4 is 11.4 Å². The summed E-state index contributed by atoms with van der Waals surface area (Å²) in [6, 6.07) is 3.61. The molecule has 0 bridgehead atoms. The highest BCUT2D eigenvalue weighted by Gasteiger charge is 2.26. The van der Waals surface area contributed by atoms with Crippen LogP contribution in [0.5, 0.6) is 0 Å². The van der Waals surface area contributed by atoms with Gasteiger partial charge < -0.3 is 14.4 Å². The molecule has 0 radical (unpaired) electrons. The fourth-order valence-corrected chi connectivity index (χ4v) is 2.68. The van der Waals surface area contributed by atoms with E-state index < -0.39 is 0 Å². The van der Waals surface area contributed by atoms with Crippen LogP contribution in [0.3, 0.4) is 0 Å². The number of amides is 1. The highest BCUT2D eigenvalue weighted by Crippen LogP contribution is 2.20. The molecule has 5 heteroatoms. The minimum absolute atomic E-state index is 0.00227. The maximum Gasteiger partial charge on any atom is 0.254 e. The van der Waals surface area contributed by atoms with E-state index >= 15 is 0 Å². The minimum atomic E-state index is -0.0395. The summed E-state index contributed by atoms with van der Waals surface area (Å²) in [5.41, 5.74) is 1.57. The largest absolute Gasteiger partial charge is 0.394 e. The molecule has 1 aliphatic heterocycles. The Labute approximate surface area is 111 Å². The summed E-state index contributed by atoms with van der Waals surface area (Å²) in [4.78, 5) is 18.4. The highest BCUT2D eigenvalue weighted by atomic mass is 16.3. The first-order valence-corrected chi connectivity index (χ1v) is 6.63. The smallest absolute Gasteiger partial charge is 0.254 e. The molecule has 0 aliphatic carbocycles. The predicted molar refractivity (Wildman–Crippen MR) is 71.0 cm³/mol. The van der Waals surface area contributed by atoms with Crippen molar-refractivity contribution in [3.05, 3.63) is 36.4 Å². The number of likely N-dealkylation sites (tertiary alicyclic amines) is 1. The zero-order valence-electron chi connectivity index (χ0n) is 10.7. The molecular weight excluding hydrogens is 242 g/mol. The molecule has 2 aromatic rings. The van der Waals surface area contributed by atoms with E-state index in [-0.39, 0.29) is 18.6 Å². The molecule has 1 aliphatic rings. The monoisotopic (exact) mass is 259 g/mol. The van der Waals surface area contributed by atoms with Gasteiger partial charge in [0.1, 0.15) is 0 Å². The Bertz CT molecular complexity index is 593. The van der Waals surface area contributed by atoms with Gasteiger partial charge in [-0.1, -0.05) is 0 Å². The number of carbonyl (C=O) groups is 1. The average Bonchev–Trinajstić information content (AvgIpc) is 2.93. The maximum atomic E-state index is 12.5. The first-order chi connectivity index (χ1) is 9.29. The van der Waals surface area contributed by atoms with E-state index in [1.165, 1.54) is 0 Å². The van der Waals surface area contributed by atoms with Gasteiger partial charge in [-0.05, 0) is 31.4 Å². The van der Waals surface area contributed by atoms with E-state index in [0.717, 1.165) is 31.3 Å². The normalized spacial score (nSPS) is 19.8. The van der Waals surface area contributed by atoms with Crippen molar-refractivity contribution in [3.8, 4) is 0 Å². The van der Waals surface area contributed by atoms with Crippen molar-refractivity contribution in [2.75, 3.05) is 13.2 Å². The van der Waals surface area contributed by atoms with Crippen molar-refractivity contribution in [1.82, 2.24) is 14.3 Å². The lowest BCUT2D eigenvalue weighted by molar-refractivity contribution is 0.0503. The first-order valence-electron chi connectivity index (χ1n) is 6.63. The van der Waals surface area contributed by atoms with Crippen LogP contribution in [-0.2, 0) is 0 Å². The summed E-state index contributed by atoms with van der Waals surface area (Å²) in [5.74, 6) is 0.00227. The molecular formula is C14H17N3O2. The van der Waals surface area contributed by atoms with E-state index in [0.29, 0.717) is 5.56 Å². The Morgan fingerprint density at radius 1 is 1.47 bits per heavy atom. The second-order valence-corrected chi connectivity index (χ2v) is 4.97. The molecule has 3 rings (SSSR count). The van der Waals surface area contributed by atoms with Crippen molar-refractivity contribution in [2.45, 2.75) is 25.3 Å². The summed E-state index contributed by atoms with van der Waals surface area (Å²) in [6.45, 7) is 0.773. The number of aromatic nitrogens is 2. The van der Waals surface area contributed by atoms with Gasteiger partial charge in [0.25, 0.3) is 5.91 Å². The van der Waals surface area contributed by atoms with Crippen molar-refractivity contribution in [2.24, 2.45) is 0 Å². The summed E-state index contributed by atoms with van der Waals surface area (Å²) in [7, 11) is 0. The zero-order valence-corrected chi connectivity index (χ0v) is 10.7. The SMILES string of the molecule is O=C(c1ccn2cncc2c1)N1CCCCC1CO. The van der Waals surface area contributed by atoms with E-state index in [1.54, 1.807) is 23.5 Å². The van der Waals surface area contributed by atoms with E-state index in [2.05, 4.69) is 4.98 Å². The highest BCUT2D eigenvalue weighted by molar-refractivity contribution is 5.95. The van der Waals surface area contributed by atoms with Gasteiger partial charge in [0.05, 0.1) is 30.7 Å². The lowest BCUT2D eigenvalue weighted by Gasteiger charge is -2.34. The van der Waals surface area contributed by atoms with Gasteiger partial charge in [0.15, 0.2) is 0 Å². The Morgan fingerprint density at radius 3 is 3.21 bits per heavy atom. The van der Waals surface area contributed by atoms with Gasteiger partial charge in [-0.3, -0.25) is 4.79 Å². The van der Waals surface area contributed by atoms with Crippen LogP contribution in [-0.4, -0.2) is 44.5 Å². The second-order valence-electron chi connectivity index (χ2n) is 4.97. The summed E-state index contributed by atoms with van der Waals surface area (Å²) < 4.78 is 1.87. The summed E-state index contributed by atoms with van der Waals surface area (Å²) in [6.07, 6.45) is 8.26. The van der Waals surface area contributed by atoms with Gasteiger partial charge in [0.2, 0.25) is 0 Å². The predicted octanol–water partition coefficient (Wildman–Crippen LogP) is 1.32. The fraction of sp³-hybridized carbons (Fsp3) is 0.429. The quantitative estimate of drug-likeness (QED) is 0.885. The van der Waals surface area contributed by atoms with Crippen molar-refractivity contribution < 1.29 is 9.90 Å². The Kier molecular flexibility index (Phi) is 3.21. The van der Waals surface area contributed by atoms with Crippen LogP contribution in [0.25, 0.3) is 5.52 Å². The van der Waals surface area contributed by atoms with Gasteiger partial charge in [-0.15, -0.1) is 0 Å². The lowest BCUT2D eigenvalue weighted by atomic mass is 10.0. The molecule has 5 nitrogen and oxygen atoms in total. The molecule has 1 atom stereocenters. The van der Waals surface area contributed by atoms with Crippen LogP contribution >= 0.6 is 0 Å². The number of hydrogen-bond acceptors (Lipinski definition) is 3. The van der Waals surface area contributed by atoms with Crippen LogP contribution in [0.15, 0.2) is 30.9 Å². The van der Waals surface area contributed by atoms with E-state index in [9.17, 15) is 9.90 Å². The molecule has 1 amide bonds. The maximum absolute atomic E-state index is 12.5. The number of piperidine rings is 1. The topological polar surface area (TPSA) is 57.8 Å². The lowest BCUT2D eigenvalue weighted by Crippen LogP contribution is -2.45. The van der Waals surface area contributed by atoms with E-state index in [4.69, 9.17) is 0 Å². The van der Waals surface area contributed by atoms with Crippen molar-refractivity contribution in [1.29, 1.82) is 0 Å². The first kappa shape index (κ1) is 12.2. The summed E-state index contributed by atoms with van der Waals surface area (Å²) >= 11 is 0. The standard InChI is InChI=1S/C14H17N3O2/c18-9-12-3-1-2-5-17(12)14(19)11-4-6-16-10-15-8-13(16)7-11/h4,6-8,10,12,18H,1-3,5,9H2. The van der Waals surface area contributed by atoms with Crippen LogP contribution in [0.4, 0.5) is 0 Å². The third kappa shape index (κ3) is 2.21. The number of rotatable bonds is 2. The molecule has 1 saturated heterocycles. The van der Waals surface area contributed by atoms with Crippen LogP contribution in [0, 0.1) is 0 Å². The number of aliphatic hydroxyl groups excluding tert-OH is 1. The van der Waals surface area contributed by atoms with Gasteiger partial charge >= 0.3 is 0 Å². The number of pyridine rings is 1. The molecule has 1 unspecified atom stereocenters. The molecule has 0 aromatic carbocycles. The van der Waals surface area contributed by atoms with Gasteiger partial charge in [-0.2, -0.15) is 0 Å². The number of carbonyl (C=O) groups excluding carboxylic acids is 1. The Morgan fingerprint density at radius 2 is 2.37 bits per heavy atom. The minimum Gasteiger partial charge on any atom is -0.394 e. The number of hydrogen-bond donors (Lipinski definition) is 1. The molecule has 19 heavy (non-hydrogen) atoms. The van der Waals surface area contributed by atoms with Gasteiger partial charge in [-0.25, -0.2) is 4.98 Å². The van der Waals surface area contributed by atoms with Crippen molar-refractivity contribution in [3.63, 3.8) is 0 Å². The molecule has 1 fully saturated rings. The molecule has 0 spiro atoms. The molecule has 1 N–H and O–H groups in total. The number of imidazole rings is 1. The number of aliphatic hydroxyl groups is 1. The van der Waals surface area contributed by atoms with Crippen LogP contribution in [0.1, 0.15) is 29.6 Å². The van der Waals surface area contributed by atoms with E-state index in [1.807, 2.05) is 16.7 Å². The third-order valence-electron chi connectivity index (χ3n) is 3.76. The fourth-order valence-electron chi connectivity index (χ4n) is 2.68. The van der Waals surface area contributed by atoms with Crippen LogP contribution < -0.4 is 0 Å². The Hall–Kier alpha value is -1.88. The van der Waals surface area contributed by atoms with Gasteiger partial charge in [0, 0.05) is 18.3 Å². The third-order valence-corrected chi connectivity index (χ3v) is 3.76. The molecule has 100 valence electrons. The second kappa shape index (κ2) is 5.01. The summed E-state index contributed by atoms with van der Waals surface area (Å²) in [5, 5.41) is 9.39. The Balaban J connectivity index is 1.89. The number of fused-ring (bicyclic) bond motifs is 1.